The van der Waals surface area contributed by atoms with Gasteiger partial charge in [-0.1, -0.05) is 20.8 Å². The van der Waals surface area contributed by atoms with Gasteiger partial charge in [0.2, 0.25) is 0 Å². The molecule has 2 aliphatic heterocycles. The molecule has 4 aliphatic carbocycles. The third kappa shape index (κ3) is 2.66. The van der Waals surface area contributed by atoms with E-state index in [1.165, 1.54) is 44.1 Å². The van der Waals surface area contributed by atoms with Gasteiger partial charge in [-0.2, -0.15) is 0 Å². The van der Waals surface area contributed by atoms with E-state index in [0.717, 1.165) is 30.6 Å². The van der Waals surface area contributed by atoms with Crippen LogP contribution in [-0.4, -0.2) is 29.7 Å². The van der Waals surface area contributed by atoms with Gasteiger partial charge < -0.3 is 9.47 Å². The molecule has 6 rings (SSSR count). The molecule has 0 spiro atoms. The average molecular weight is 413 g/mol. The molecule has 0 radical (unpaired) electrons. The molecule has 7 unspecified atom stereocenters. The normalized spacial score (nSPS) is 53.7. The van der Waals surface area contributed by atoms with E-state index in [1.807, 2.05) is 6.08 Å². The van der Waals surface area contributed by atoms with Crippen LogP contribution in [0.15, 0.2) is 11.6 Å². The van der Waals surface area contributed by atoms with Crippen molar-refractivity contribution in [1.29, 1.82) is 0 Å². The zero-order chi connectivity index (χ0) is 21.1. The molecule has 2 saturated heterocycles. The van der Waals surface area contributed by atoms with Crippen molar-refractivity contribution in [2.45, 2.75) is 110 Å². The van der Waals surface area contributed by atoms with Gasteiger partial charge >= 0.3 is 0 Å². The third-order valence-electron chi connectivity index (χ3n) is 11.0. The Morgan fingerprint density at radius 1 is 1.10 bits per heavy atom. The number of hydrogen-bond acceptors (Lipinski definition) is 3. The van der Waals surface area contributed by atoms with Gasteiger partial charge in [-0.3, -0.25) is 4.79 Å². The minimum Gasteiger partial charge on any atom is -0.367 e. The highest BCUT2D eigenvalue weighted by atomic mass is 16.6. The molecule has 10 atom stereocenters. The molecule has 0 amide bonds. The maximum absolute atomic E-state index is 12.1. The summed E-state index contributed by atoms with van der Waals surface area (Å²) in [7, 11) is 0. The lowest BCUT2D eigenvalue weighted by molar-refractivity contribution is -0.117. The van der Waals surface area contributed by atoms with E-state index in [1.54, 1.807) is 0 Å². The second kappa shape index (κ2) is 6.22. The fourth-order valence-corrected chi connectivity index (χ4v) is 9.14. The van der Waals surface area contributed by atoms with Crippen LogP contribution in [0.2, 0.25) is 0 Å². The van der Waals surface area contributed by atoms with Crippen molar-refractivity contribution in [2.75, 3.05) is 0 Å². The zero-order valence-corrected chi connectivity index (χ0v) is 19.6. The number of ketones is 1. The van der Waals surface area contributed by atoms with Crippen LogP contribution in [0.25, 0.3) is 0 Å². The highest BCUT2D eigenvalue weighted by molar-refractivity contribution is 5.92. The summed E-state index contributed by atoms with van der Waals surface area (Å²) in [6.07, 6.45) is 12.9. The van der Waals surface area contributed by atoms with Gasteiger partial charge in [0.05, 0.1) is 17.8 Å². The van der Waals surface area contributed by atoms with Gasteiger partial charge in [0.1, 0.15) is 6.10 Å². The molecule has 0 bridgehead atoms. The average Bonchev–Trinajstić information content (AvgIpc) is 3.56. The fourth-order valence-electron chi connectivity index (χ4n) is 9.14. The van der Waals surface area contributed by atoms with Crippen molar-refractivity contribution >= 4 is 5.78 Å². The van der Waals surface area contributed by atoms with Crippen LogP contribution in [0.4, 0.5) is 0 Å². The second-order valence-corrected chi connectivity index (χ2v) is 12.8. The van der Waals surface area contributed by atoms with E-state index < -0.39 is 0 Å². The Balaban J connectivity index is 1.22. The molecule has 3 heteroatoms. The van der Waals surface area contributed by atoms with Crippen LogP contribution in [0.1, 0.15) is 86.0 Å². The Kier molecular flexibility index (Phi) is 4.14. The van der Waals surface area contributed by atoms with Crippen molar-refractivity contribution in [1.82, 2.24) is 0 Å². The molecule has 0 aromatic heterocycles. The molecule has 0 N–H and O–H groups in total. The minimum absolute atomic E-state index is 0.127. The van der Waals surface area contributed by atoms with Gasteiger partial charge in [-0.05, 0) is 111 Å². The zero-order valence-electron chi connectivity index (χ0n) is 19.6. The highest BCUT2D eigenvalue weighted by Gasteiger charge is 2.69. The number of ether oxygens (including phenoxy) is 2. The first-order chi connectivity index (χ1) is 14.1. The molecular weight excluding hydrogens is 372 g/mol. The number of fused-ring (bicyclic) bond motifs is 8. The topological polar surface area (TPSA) is 42.1 Å². The maximum atomic E-state index is 12.1. The molecule has 166 valence electrons. The molecule has 2 heterocycles. The molecular formula is C27H40O3. The quantitative estimate of drug-likeness (QED) is 0.555. The molecule has 3 nitrogen and oxygen atoms in total. The van der Waals surface area contributed by atoms with E-state index >= 15 is 0 Å². The Morgan fingerprint density at radius 2 is 1.87 bits per heavy atom. The second-order valence-electron chi connectivity index (χ2n) is 12.8. The summed E-state index contributed by atoms with van der Waals surface area (Å²) in [4.78, 5) is 12.1. The number of carbonyl (C=O) groups excluding carboxylic acids is 1. The first-order valence-corrected chi connectivity index (χ1v) is 12.7. The SMILES string of the molecule is C[C@H](CCC1OC1(C)C)C1CC[C@H]2C3C4OC4C4=CC(=O)CCC4(C)[C@H]3CCC12C. The lowest BCUT2D eigenvalue weighted by atomic mass is 9.46. The van der Waals surface area contributed by atoms with Gasteiger partial charge in [-0.15, -0.1) is 0 Å². The van der Waals surface area contributed by atoms with Gasteiger partial charge in [0, 0.05) is 6.42 Å². The van der Waals surface area contributed by atoms with Crippen LogP contribution in [0.5, 0.6) is 0 Å². The smallest absolute Gasteiger partial charge is 0.155 e. The Morgan fingerprint density at radius 3 is 2.60 bits per heavy atom. The van der Waals surface area contributed by atoms with E-state index in [-0.39, 0.29) is 17.1 Å². The molecule has 3 saturated carbocycles. The monoisotopic (exact) mass is 412 g/mol. The van der Waals surface area contributed by atoms with Crippen molar-refractivity contribution < 1.29 is 14.3 Å². The molecule has 0 aromatic rings. The standard InChI is InChI=1S/C27H40O3/c1-15(6-9-21-25(2,3)30-21)17-7-8-18-22-19(11-13-26(17,18)4)27(5)12-10-16(28)14-20(27)23-24(22)29-23/h14-15,17-19,21-24H,6-13H2,1-5H3/t15-,17?,18+,19+,21?,22?,23?,24?,26?,27?/m1/s1. The van der Waals surface area contributed by atoms with E-state index in [2.05, 4.69) is 34.6 Å². The first-order valence-electron chi connectivity index (χ1n) is 12.7. The van der Waals surface area contributed by atoms with Crippen LogP contribution < -0.4 is 0 Å². The molecule has 30 heavy (non-hydrogen) atoms. The van der Waals surface area contributed by atoms with Crippen LogP contribution in [0.3, 0.4) is 0 Å². The predicted molar refractivity (Wildman–Crippen MR) is 117 cm³/mol. The van der Waals surface area contributed by atoms with Crippen molar-refractivity contribution in [3.8, 4) is 0 Å². The number of rotatable bonds is 4. The van der Waals surface area contributed by atoms with Crippen LogP contribution in [-0.2, 0) is 14.3 Å². The summed E-state index contributed by atoms with van der Waals surface area (Å²) in [6.45, 7) is 12.1. The largest absolute Gasteiger partial charge is 0.367 e. The van der Waals surface area contributed by atoms with Crippen molar-refractivity contribution in [2.24, 2.45) is 40.4 Å². The molecule has 6 aliphatic rings. The summed E-state index contributed by atoms with van der Waals surface area (Å²) in [5, 5.41) is 0. The summed E-state index contributed by atoms with van der Waals surface area (Å²) in [5.74, 6) is 4.20. The van der Waals surface area contributed by atoms with Crippen molar-refractivity contribution in [3.05, 3.63) is 11.6 Å². The minimum atomic E-state index is 0.127. The van der Waals surface area contributed by atoms with Gasteiger partial charge in [0.25, 0.3) is 0 Å². The van der Waals surface area contributed by atoms with Crippen LogP contribution >= 0.6 is 0 Å². The van der Waals surface area contributed by atoms with Gasteiger partial charge in [0.15, 0.2) is 5.78 Å². The van der Waals surface area contributed by atoms with Crippen LogP contribution in [0, 0.1) is 40.4 Å². The summed E-state index contributed by atoms with van der Waals surface area (Å²) in [5.41, 5.74) is 2.17. The van der Waals surface area contributed by atoms with E-state index in [9.17, 15) is 4.79 Å². The summed E-state index contributed by atoms with van der Waals surface area (Å²) in [6, 6.07) is 0. The Bertz CT molecular complexity index is 798. The third-order valence-corrected chi connectivity index (χ3v) is 11.0. The maximum Gasteiger partial charge on any atom is 0.155 e. The summed E-state index contributed by atoms with van der Waals surface area (Å²) >= 11 is 0. The molecule has 5 fully saturated rings. The number of carbonyl (C=O) groups is 1. The first kappa shape index (κ1) is 20.0. The predicted octanol–water partition coefficient (Wildman–Crippen LogP) is 5.72. The van der Waals surface area contributed by atoms with E-state index in [4.69, 9.17) is 9.47 Å². The highest BCUT2D eigenvalue weighted by Crippen LogP contribution is 2.71. The number of hydrogen-bond donors (Lipinski definition) is 0. The van der Waals surface area contributed by atoms with Gasteiger partial charge in [-0.25, -0.2) is 0 Å². The Hall–Kier alpha value is -0.670. The lowest BCUT2D eigenvalue weighted by Crippen LogP contribution is -2.53. The summed E-state index contributed by atoms with van der Waals surface area (Å²) < 4.78 is 12.2. The fraction of sp³-hybridized carbons (Fsp3) is 0.889. The van der Waals surface area contributed by atoms with E-state index in [0.29, 0.717) is 35.2 Å². The Labute approximate surface area is 182 Å². The lowest BCUT2D eigenvalue weighted by Gasteiger charge is -2.57. The number of epoxide rings is 2. The van der Waals surface area contributed by atoms with Crippen molar-refractivity contribution in [3.63, 3.8) is 0 Å². The molecule has 0 aromatic carbocycles.